The molecule has 2 aromatic rings. The molecule has 0 bridgehead atoms. The number of hydrogen-bond acceptors (Lipinski definition) is 3. The summed E-state index contributed by atoms with van der Waals surface area (Å²) >= 11 is 1.53. The Balaban J connectivity index is 1.96. The predicted octanol–water partition coefficient (Wildman–Crippen LogP) is 3.16. The summed E-state index contributed by atoms with van der Waals surface area (Å²) < 4.78 is 38.9. The molecule has 0 aliphatic rings. The van der Waals surface area contributed by atoms with E-state index in [4.69, 9.17) is 0 Å². The van der Waals surface area contributed by atoms with E-state index in [1.54, 1.807) is 6.20 Å². The quantitative estimate of drug-likeness (QED) is 0.865. The number of thiazole rings is 1. The summed E-state index contributed by atoms with van der Waals surface area (Å²) in [7, 11) is 0. The van der Waals surface area contributed by atoms with Gasteiger partial charge in [-0.25, -0.2) is 18.2 Å². The Morgan fingerprint density at radius 2 is 1.83 bits per heavy atom. The van der Waals surface area contributed by atoms with Crippen LogP contribution in [0.3, 0.4) is 0 Å². The van der Waals surface area contributed by atoms with E-state index in [1.807, 2.05) is 6.92 Å². The summed E-state index contributed by atoms with van der Waals surface area (Å²) in [6, 6.07) is 1.42. The van der Waals surface area contributed by atoms with E-state index in [0.717, 1.165) is 16.0 Å². The lowest BCUT2D eigenvalue weighted by atomic mass is 10.2. The third kappa shape index (κ3) is 3.08. The Hall–Kier alpha value is -1.40. The minimum Gasteiger partial charge on any atom is -0.306 e. The van der Waals surface area contributed by atoms with Gasteiger partial charge in [-0.1, -0.05) is 0 Å². The molecule has 2 nitrogen and oxygen atoms in total. The number of benzene rings is 1. The number of nitrogens with one attached hydrogen (secondary N) is 1. The molecular weight excluding hydrogens is 261 g/mol. The normalized spacial score (nSPS) is 10.9. The first-order valence-electron chi connectivity index (χ1n) is 5.31. The number of aryl methyl sites for hydroxylation is 1. The van der Waals surface area contributed by atoms with E-state index >= 15 is 0 Å². The van der Waals surface area contributed by atoms with Crippen LogP contribution in [-0.4, -0.2) is 4.98 Å². The Bertz CT molecular complexity index is 554. The van der Waals surface area contributed by atoms with Gasteiger partial charge in [0.2, 0.25) is 0 Å². The molecule has 0 atom stereocenters. The molecule has 6 heteroatoms. The number of hydrogen-bond donors (Lipinski definition) is 1. The molecule has 1 N–H and O–H groups in total. The SMILES string of the molecule is Cc1cnc(CNCc2cc(F)c(F)cc2F)s1. The molecule has 1 aromatic carbocycles. The summed E-state index contributed by atoms with van der Waals surface area (Å²) in [5, 5.41) is 3.81. The lowest BCUT2D eigenvalue weighted by Crippen LogP contribution is -2.14. The molecular formula is C12H11F3N2S. The van der Waals surface area contributed by atoms with E-state index < -0.39 is 17.5 Å². The van der Waals surface area contributed by atoms with Crippen molar-refractivity contribution in [2.24, 2.45) is 0 Å². The zero-order valence-corrected chi connectivity index (χ0v) is 10.5. The van der Waals surface area contributed by atoms with E-state index in [9.17, 15) is 13.2 Å². The first-order valence-corrected chi connectivity index (χ1v) is 6.13. The minimum atomic E-state index is -1.17. The van der Waals surface area contributed by atoms with E-state index in [2.05, 4.69) is 10.3 Å². The van der Waals surface area contributed by atoms with Crippen molar-refractivity contribution in [1.29, 1.82) is 0 Å². The first kappa shape index (κ1) is 13.0. The Morgan fingerprint density at radius 1 is 1.11 bits per heavy atom. The summed E-state index contributed by atoms with van der Waals surface area (Å²) in [4.78, 5) is 5.22. The van der Waals surface area contributed by atoms with E-state index in [-0.39, 0.29) is 12.1 Å². The summed E-state index contributed by atoms with van der Waals surface area (Å²) in [5.41, 5.74) is 0.0992. The molecule has 2 rings (SSSR count). The molecule has 0 saturated heterocycles. The lowest BCUT2D eigenvalue weighted by molar-refractivity contribution is 0.486. The molecule has 0 spiro atoms. The third-order valence-corrected chi connectivity index (χ3v) is 3.26. The van der Waals surface area contributed by atoms with Gasteiger partial charge < -0.3 is 5.32 Å². The highest BCUT2D eigenvalue weighted by Crippen LogP contribution is 2.14. The summed E-state index contributed by atoms with van der Waals surface area (Å²) in [6.07, 6.45) is 1.75. The molecule has 1 aromatic heterocycles. The van der Waals surface area contributed by atoms with Crippen molar-refractivity contribution in [3.8, 4) is 0 Å². The van der Waals surface area contributed by atoms with Gasteiger partial charge in [0.15, 0.2) is 11.6 Å². The Kier molecular flexibility index (Phi) is 3.98. The van der Waals surface area contributed by atoms with Gasteiger partial charge in [-0.2, -0.15) is 0 Å². The molecule has 0 unspecified atom stereocenters. The van der Waals surface area contributed by atoms with Crippen LogP contribution in [0.4, 0.5) is 13.2 Å². The van der Waals surface area contributed by atoms with Gasteiger partial charge in [0.05, 0.1) is 0 Å². The number of nitrogens with zero attached hydrogens (tertiary/aromatic N) is 1. The van der Waals surface area contributed by atoms with Crippen LogP contribution in [0.15, 0.2) is 18.3 Å². The Labute approximate surface area is 106 Å². The molecule has 0 fully saturated rings. The standard InChI is InChI=1S/C12H11F3N2S/c1-7-4-17-12(18-7)6-16-5-8-2-10(14)11(15)3-9(8)13/h2-4,16H,5-6H2,1H3. The van der Waals surface area contributed by atoms with Gasteiger partial charge >= 0.3 is 0 Å². The number of aromatic nitrogens is 1. The molecule has 1 heterocycles. The first-order chi connectivity index (χ1) is 8.56. The van der Waals surface area contributed by atoms with Crippen molar-refractivity contribution in [3.05, 3.63) is 51.2 Å². The fourth-order valence-electron chi connectivity index (χ4n) is 1.49. The highest BCUT2D eigenvalue weighted by Gasteiger charge is 2.09. The van der Waals surface area contributed by atoms with Crippen molar-refractivity contribution in [2.75, 3.05) is 0 Å². The maximum atomic E-state index is 13.3. The van der Waals surface area contributed by atoms with Crippen molar-refractivity contribution in [1.82, 2.24) is 10.3 Å². The van der Waals surface area contributed by atoms with Crippen LogP contribution in [0.2, 0.25) is 0 Å². The van der Waals surface area contributed by atoms with Crippen LogP contribution in [0.1, 0.15) is 15.4 Å². The van der Waals surface area contributed by atoms with Crippen molar-refractivity contribution in [2.45, 2.75) is 20.0 Å². The maximum Gasteiger partial charge on any atom is 0.161 e. The fourth-order valence-corrected chi connectivity index (χ4v) is 2.24. The van der Waals surface area contributed by atoms with Gasteiger partial charge in [0, 0.05) is 35.8 Å². The van der Waals surface area contributed by atoms with Crippen LogP contribution >= 0.6 is 11.3 Å². The number of halogens is 3. The molecule has 0 aliphatic carbocycles. The van der Waals surface area contributed by atoms with Gasteiger partial charge in [-0.05, 0) is 13.0 Å². The second-order valence-electron chi connectivity index (χ2n) is 3.83. The van der Waals surface area contributed by atoms with Crippen molar-refractivity contribution >= 4 is 11.3 Å². The second kappa shape index (κ2) is 5.49. The largest absolute Gasteiger partial charge is 0.306 e. The smallest absolute Gasteiger partial charge is 0.161 e. The summed E-state index contributed by atoms with van der Waals surface area (Å²) in [5.74, 6) is -2.97. The predicted molar refractivity (Wildman–Crippen MR) is 63.7 cm³/mol. The number of rotatable bonds is 4. The van der Waals surface area contributed by atoms with Crippen LogP contribution in [-0.2, 0) is 13.1 Å². The lowest BCUT2D eigenvalue weighted by Gasteiger charge is -2.05. The van der Waals surface area contributed by atoms with E-state index in [0.29, 0.717) is 12.6 Å². The van der Waals surface area contributed by atoms with Crippen LogP contribution in [0, 0.1) is 24.4 Å². The highest BCUT2D eigenvalue weighted by atomic mass is 32.1. The van der Waals surface area contributed by atoms with Crippen LogP contribution < -0.4 is 5.32 Å². The zero-order valence-electron chi connectivity index (χ0n) is 9.64. The summed E-state index contributed by atoms with van der Waals surface area (Å²) in [6.45, 7) is 2.54. The second-order valence-corrected chi connectivity index (χ2v) is 5.15. The van der Waals surface area contributed by atoms with Crippen molar-refractivity contribution < 1.29 is 13.2 Å². The van der Waals surface area contributed by atoms with Crippen LogP contribution in [0.25, 0.3) is 0 Å². The molecule has 18 heavy (non-hydrogen) atoms. The topological polar surface area (TPSA) is 24.9 Å². The van der Waals surface area contributed by atoms with E-state index in [1.165, 1.54) is 11.3 Å². The molecule has 0 aliphatic heterocycles. The van der Waals surface area contributed by atoms with Crippen molar-refractivity contribution in [3.63, 3.8) is 0 Å². The molecule has 0 saturated carbocycles. The average Bonchev–Trinajstić information content (AvgIpc) is 2.71. The molecule has 0 radical (unpaired) electrons. The van der Waals surface area contributed by atoms with Gasteiger partial charge in [-0.15, -0.1) is 11.3 Å². The Morgan fingerprint density at radius 3 is 2.50 bits per heavy atom. The van der Waals surface area contributed by atoms with Gasteiger partial charge in [-0.3, -0.25) is 0 Å². The highest BCUT2D eigenvalue weighted by molar-refractivity contribution is 7.11. The van der Waals surface area contributed by atoms with Gasteiger partial charge in [0.1, 0.15) is 10.8 Å². The average molecular weight is 272 g/mol. The molecule has 0 amide bonds. The third-order valence-electron chi connectivity index (χ3n) is 2.35. The minimum absolute atomic E-state index is 0.0992. The van der Waals surface area contributed by atoms with Crippen LogP contribution in [0.5, 0.6) is 0 Å². The van der Waals surface area contributed by atoms with Gasteiger partial charge in [0.25, 0.3) is 0 Å². The maximum absolute atomic E-state index is 13.3. The zero-order chi connectivity index (χ0) is 13.1. The monoisotopic (exact) mass is 272 g/mol. The molecule has 96 valence electrons. The fraction of sp³-hybridized carbons (Fsp3) is 0.250.